The number of hydrogen-bond acceptors (Lipinski definition) is 2. The number of aryl methyl sites for hydroxylation is 2. The van der Waals surface area contributed by atoms with Gasteiger partial charge in [-0.3, -0.25) is 0 Å². The van der Waals surface area contributed by atoms with Gasteiger partial charge in [0, 0.05) is 12.6 Å². The van der Waals surface area contributed by atoms with Crippen LogP contribution in [0.25, 0.3) is 0 Å². The Hall–Kier alpha value is -0.860. The maximum Gasteiger partial charge on any atom is 0.0992 e. The fraction of sp³-hybridized carbons (Fsp3) is 0.571. The molecule has 88 valence electrons. The van der Waals surface area contributed by atoms with Crippen LogP contribution in [0.4, 0.5) is 0 Å². The van der Waals surface area contributed by atoms with Crippen molar-refractivity contribution in [2.45, 2.75) is 45.3 Å². The molecule has 0 spiro atoms. The second-order valence-electron chi connectivity index (χ2n) is 5.31. The highest BCUT2D eigenvalue weighted by Crippen LogP contribution is 2.25. The summed E-state index contributed by atoms with van der Waals surface area (Å²) in [6, 6.07) is 6.91. The first-order chi connectivity index (χ1) is 7.47. The lowest BCUT2D eigenvalue weighted by Gasteiger charge is -2.25. The van der Waals surface area contributed by atoms with Gasteiger partial charge in [0.25, 0.3) is 0 Å². The van der Waals surface area contributed by atoms with E-state index in [2.05, 4.69) is 37.4 Å². The molecule has 1 saturated carbocycles. The van der Waals surface area contributed by atoms with Crippen LogP contribution in [0.15, 0.2) is 18.2 Å². The third-order valence-corrected chi connectivity index (χ3v) is 3.16. The molecule has 2 rings (SSSR count). The molecule has 16 heavy (non-hydrogen) atoms. The zero-order valence-corrected chi connectivity index (χ0v) is 10.4. The average molecular weight is 219 g/mol. The van der Waals surface area contributed by atoms with Crippen LogP contribution >= 0.6 is 0 Å². The molecular formula is C14H21NO. The second kappa shape index (κ2) is 4.19. The molecule has 0 radical (unpaired) electrons. The van der Waals surface area contributed by atoms with Gasteiger partial charge in [0.1, 0.15) is 0 Å². The van der Waals surface area contributed by atoms with Gasteiger partial charge < -0.3 is 10.4 Å². The first kappa shape index (κ1) is 11.6. The van der Waals surface area contributed by atoms with Crippen molar-refractivity contribution in [1.82, 2.24) is 5.32 Å². The SMILES string of the molecule is Cc1cc(C)cc(C(C)(O)CNC2CC2)c1. The van der Waals surface area contributed by atoms with Crippen molar-refractivity contribution in [2.24, 2.45) is 0 Å². The molecule has 1 aliphatic carbocycles. The smallest absolute Gasteiger partial charge is 0.0992 e. The summed E-state index contributed by atoms with van der Waals surface area (Å²) >= 11 is 0. The molecule has 0 bridgehead atoms. The van der Waals surface area contributed by atoms with E-state index in [-0.39, 0.29) is 0 Å². The van der Waals surface area contributed by atoms with E-state index in [1.54, 1.807) is 0 Å². The van der Waals surface area contributed by atoms with Gasteiger partial charge in [0.2, 0.25) is 0 Å². The quantitative estimate of drug-likeness (QED) is 0.814. The maximum absolute atomic E-state index is 10.4. The van der Waals surface area contributed by atoms with E-state index in [0.717, 1.165) is 5.56 Å². The van der Waals surface area contributed by atoms with Gasteiger partial charge in [-0.15, -0.1) is 0 Å². The van der Waals surface area contributed by atoms with Gasteiger partial charge in [-0.05, 0) is 39.2 Å². The van der Waals surface area contributed by atoms with Crippen LogP contribution < -0.4 is 5.32 Å². The highest BCUT2D eigenvalue weighted by atomic mass is 16.3. The summed E-state index contributed by atoms with van der Waals surface area (Å²) in [5, 5.41) is 13.8. The lowest BCUT2D eigenvalue weighted by atomic mass is 9.93. The highest BCUT2D eigenvalue weighted by molar-refractivity contribution is 5.32. The molecular weight excluding hydrogens is 198 g/mol. The average Bonchev–Trinajstić information content (AvgIpc) is 2.96. The monoisotopic (exact) mass is 219 g/mol. The largest absolute Gasteiger partial charge is 0.384 e. The van der Waals surface area contributed by atoms with E-state index in [1.165, 1.54) is 24.0 Å². The molecule has 1 atom stereocenters. The summed E-state index contributed by atoms with van der Waals surface area (Å²) in [5.41, 5.74) is 2.67. The molecule has 0 heterocycles. The Morgan fingerprint density at radius 2 is 1.81 bits per heavy atom. The van der Waals surface area contributed by atoms with Crippen LogP contribution in [0.5, 0.6) is 0 Å². The minimum absolute atomic E-state index is 0.636. The maximum atomic E-state index is 10.4. The standard InChI is InChI=1S/C14H21NO/c1-10-6-11(2)8-12(7-10)14(3,16)9-15-13-4-5-13/h6-8,13,15-16H,4-5,9H2,1-3H3. The van der Waals surface area contributed by atoms with E-state index >= 15 is 0 Å². The van der Waals surface area contributed by atoms with Crippen LogP contribution in [0.2, 0.25) is 0 Å². The molecule has 2 nitrogen and oxygen atoms in total. The van der Waals surface area contributed by atoms with Crippen LogP contribution in [-0.2, 0) is 5.60 Å². The van der Waals surface area contributed by atoms with Crippen molar-refractivity contribution < 1.29 is 5.11 Å². The summed E-state index contributed by atoms with van der Waals surface area (Å²) < 4.78 is 0. The van der Waals surface area contributed by atoms with Crippen LogP contribution in [0.1, 0.15) is 36.5 Å². The Morgan fingerprint density at radius 3 is 2.31 bits per heavy atom. The minimum atomic E-state index is -0.765. The number of benzene rings is 1. The third kappa shape index (κ3) is 2.83. The Balaban J connectivity index is 2.12. The fourth-order valence-electron chi connectivity index (χ4n) is 2.02. The van der Waals surface area contributed by atoms with Crippen molar-refractivity contribution in [3.05, 3.63) is 34.9 Å². The molecule has 1 aromatic carbocycles. The van der Waals surface area contributed by atoms with Crippen molar-refractivity contribution in [2.75, 3.05) is 6.54 Å². The first-order valence-electron chi connectivity index (χ1n) is 6.02. The van der Waals surface area contributed by atoms with Crippen molar-refractivity contribution in [3.8, 4) is 0 Å². The summed E-state index contributed by atoms with van der Waals surface area (Å²) in [5.74, 6) is 0. The summed E-state index contributed by atoms with van der Waals surface area (Å²) in [6.07, 6.45) is 2.51. The lowest BCUT2D eigenvalue weighted by molar-refractivity contribution is 0.0565. The summed E-state index contributed by atoms with van der Waals surface area (Å²) in [6.45, 7) is 6.67. The third-order valence-electron chi connectivity index (χ3n) is 3.16. The molecule has 0 aromatic heterocycles. The lowest BCUT2D eigenvalue weighted by Crippen LogP contribution is -2.36. The van der Waals surface area contributed by atoms with Crippen LogP contribution in [-0.4, -0.2) is 17.7 Å². The fourth-order valence-corrected chi connectivity index (χ4v) is 2.02. The van der Waals surface area contributed by atoms with Gasteiger partial charge in [-0.2, -0.15) is 0 Å². The summed E-state index contributed by atoms with van der Waals surface area (Å²) in [4.78, 5) is 0. The Kier molecular flexibility index (Phi) is 3.04. The van der Waals surface area contributed by atoms with E-state index in [1.807, 2.05) is 6.92 Å². The van der Waals surface area contributed by atoms with Gasteiger partial charge >= 0.3 is 0 Å². The molecule has 0 aliphatic heterocycles. The molecule has 1 aromatic rings. The number of aliphatic hydroxyl groups is 1. The molecule has 2 N–H and O–H groups in total. The van der Waals surface area contributed by atoms with Crippen LogP contribution in [0.3, 0.4) is 0 Å². The molecule has 0 saturated heterocycles. The number of nitrogens with one attached hydrogen (secondary N) is 1. The number of rotatable bonds is 4. The zero-order chi connectivity index (χ0) is 11.8. The minimum Gasteiger partial charge on any atom is -0.384 e. The van der Waals surface area contributed by atoms with Gasteiger partial charge in [0.15, 0.2) is 0 Å². The Labute approximate surface area is 97.7 Å². The molecule has 1 unspecified atom stereocenters. The molecule has 1 fully saturated rings. The Morgan fingerprint density at radius 1 is 1.25 bits per heavy atom. The van der Waals surface area contributed by atoms with Crippen LogP contribution in [0, 0.1) is 13.8 Å². The second-order valence-corrected chi connectivity index (χ2v) is 5.31. The van der Waals surface area contributed by atoms with Gasteiger partial charge in [-0.1, -0.05) is 29.3 Å². The topological polar surface area (TPSA) is 32.3 Å². The molecule has 1 aliphatic rings. The van der Waals surface area contributed by atoms with Gasteiger partial charge in [-0.25, -0.2) is 0 Å². The summed E-state index contributed by atoms with van der Waals surface area (Å²) in [7, 11) is 0. The van der Waals surface area contributed by atoms with Crippen molar-refractivity contribution in [3.63, 3.8) is 0 Å². The highest BCUT2D eigenvalue weighted by Gasteiger charge is 2.28. The molecule has 0 amide bonds. The number of hydrogen-bond donors (Lipinski definition) is 2. The Bertz CT molecular complexity index is 360. The predicted octanol–water partition coefficient (Wildman–Crippen LogP) is 2.26. The van der Waals surface area contributed by atoms with E-state index in [4.69, 9.17) is 0 Å². The van der Waals surface area contributed by atoms with E-state index in [9.17, 15) is 5.11 Å². The van der Waals surface area contributed by atoms with E-state index < -0.39 is 5.60 Å². The predicted molar refractivity (Wildman–Crippen MR) is 66.5 cm³/mol. The van der Waals surface area contributed by atoms with Gasteiger partial charge in [0.05, 0.1) is 5.60 Å². The first-order valence-corrected chi connectivity index (χ1v) is 6.02. The van der Waals surface area contributed by atoms with E-state index in [0.29, 0.717) is 12.6 Å². The van der Waals surface area contributed by atoms with Crippen molar-refractivity contribution >= 4 is 0 Å². The molecule has 2 heteroatoms. The normalized spacial score (nSPS) is 19.5. The zero-order valence-electron chi connectivity index (χ0n) is 10.4. The van der Waals surface area contributed by atoms with Crippen molar-refractivity contribution in [1.29, 1.82) is 0 Å².